The summed E-state index contributed by atoms with van der Waals surface area (Å²) in [6.07, 6.45) is 0. The number of carbonyl (C=O) groups is 2. The summed E-state index contributed by atoms with van der Waals surface area (Å²) in [5.74, 6) is -1.85. The van der Waals surface area contributed by atoms with Crippen LogP contribution in [-0.2, 0) is 19.1 Å². The molecule has 0 saturated heterocycles. The van der Waals surface area contributed by atoms with E-state index in [1.54, 1.807) is 24.1 Å². The molecule has 6 heteroatoms. The minimum absolute atomic E-state index is 0.503. The molecule has 25 heavy (non-hydrogen) atoms. The van der Waals surface area contributed by atoms with Gasteiger partial charge in [-0.2, -0.15) is 0 Å². The zero-order chi connectivity index (χ0) is 18.4. The average molecular weight is 406 g/mol. The lowest BCUT2D eigenvalue weighted by molar-refractivity contribution is -0.150. The third kappa shape index (κ3) is 4.39. The maximum absolute atomic E-state index is 12.6. The maximum Gasteiger partial charge on any atom is 0.329 e. The molecule has 0 radical (unpaired) electrons. The van der Waals surface area contributed by atoms with E-state index in [2.05, 4.69) is 15.9 Å². The minimum Gasteiger partial charge on any atom is -0.468 e. The van der Waals surface area contributed by atoms with E-state index in [1.807, 2.05) is 42.5 Å². The van der Waals surface area contributed by atoms with Crippen molar-refractivity contribution >= 4 is 33.6 Å². The lowest BCUT2D eigenvalue weighted by Gasteiger charge is -2.33. The normalized spacial score (nSPS) is 12.8. The molecule has 0 saturated carbocycles. The Morgan fingerprint density at radius 1 is 0.960 bits per heavy atom. The molecule has 0 aliphatic heterocycles. The Labute approximate surface area is 155 Å². The van der Waals surface area contributed by atoms with Gasteiger partial charge in [0.05, 0.1) is 14.2 Å². The molecule has 2 aromatic carbocycles. The van der Waals surface area contributed by atoms with Crippen LogP contribution in [0, 0.1) is 0 Å². The third-order valence-corrected chi connectivity index (χ3v) is 4.50. The molecule has 132 valence electrons. The van der Waals surface area contributed by atoms with Crippen molar-refractivity contribution in [2.24, 2.45) is 0 Å². The Kier molecular flexibility index (Phi) is 6.58. The summed E-state index contributed by atoms with van der Waals surface area (Å²) in [6.45, 7) is 0. The summed E-state index contributed by atoms with van der Waals surface area (Å²) in [6, 6.07) is 15.7. The fraction of sp³-hybridized carbons (Fsp3) is 0.263. The van der Waals surface area contributed by atoms with Crippen LogP contribution in [0.15, 0.2) is 59.1 Å². The van der Waals surface area contributed by atoms with Crippen LogP contribution in [0.3, 0.4) is 0 Å². The van der Waals surface area contributed by atoms with Crippen LogP contribution in [-0.4, -0.2) is 39.2 Å². The van der Waals surface area contributed by atoms with Gasteiger partial charge in [-0.15, -0.1) is 0 Å². The Morgan fingerprint density at radius 3 is 2.16 bits per heavy atom. The standard InChI is InChI=1S/C19H20BrNO4/c1-21(15-10-5-4-6-11-15)17(19(23)25-3)16(18(22)24-2)13-8-7-9-14(20)12-13/h4-12,16-17H,1-3H3. The van der Waals surface area contributed by atoms with Gasteiger partial charge in [0.2, 0.25) is 0 Å². The minimum atomic E-state index is -0.867. The van der Waals surface area contributed by atoms with E-state index < -0.39 is 23.9 Å². The predicted octanol–water partition coefficient (Wildman–Crippen LogP) is 3.38. The van der Waals surface area contributed by atoms with Crippen LogP contribution in [0.1, 0.15) is 11.5 Å². The molecule has 2 unspecified atom stereocenters. The Morgan fingerprint density at radius 2 is 1.60 bits per heavy atom. The van der Waals surface area contributed by atoms with Crippen LogP contribution < -0.4 is 4.90 Å². The van der Waals surface area contributed by atoms with Crippen LogP contribution >= 0.6 is 15.9 Å². The number of anilines is 1. The van der Waals surface area contributed by atoms with Gasteiger partial charge in [0.1, 0.15) is 12.0 Å². The molecule has 2 aromatic rings. The van der Waals surface area contributed by atoms with Gasteiger partial charge in [0.25, 0.3) is 0 Å². The quantitative estimate of drug-likeness (QED) is 0.689. The number of rotatable bonds is 6. The van der Waals surface area contributed by atoms with E-state index >= 15 is 0 Å². The van der Waals surface area contributed by atoms with Crippen molar-refractivity contribution in [2.75, 3.05) is 26.2 Å². The van der Waals surface area contributed by atoms with Gasteiger partial charge < -0.3 is 14.4 Å². The molecule has 2 atom stereocenters. The highest BCUT2D eigenvalue weighted by Crippen LogP contribution is 2.30. The van der Waals surface area contributed by atoms with E-state index in [1.165, 1.54) is 14.2 Å². The molecular formula is C19H20BrNO4. The molecule has 0 aliphatic rings. The number of hydrogen-bond acceptors (Lipinski definition) is 5. The fourth-order valence-corrected chi connectivity index (χ4v) is 3.15. The van der Waals surface area contributed by atoms with Crippen LogP contribution in [0.25, 0.3) is 0 Å². The highest BCUT2D eigenvalue weighted by atomic mass is 79.9. The summed E-state index contributed by atoms with van der Waals surface area (Å²) in [5, 5.41) is 0. The Hall–Kier alpha value is -2.34. The van der Waals surface area contributed by atoms with E-state index in [4.69, 9.17) is 9.47 Å². The number of methoxy groups -OCH3 is 2. The smallest absolute Gasteiger partial charge is 0.329 e. The number of nitrogens with zero attached hydrogens (tertiary/aromatic N) is 1. The zero-order valence-corrected chi connectivity index (χ0v) is 15.9. The summed E-state index contributed by atoms with van der Waals surface area (Å²) in [4.78, 5) is 26.8. The lowest BCUT2D eigenvalue weighted by atomic mass is 9.90. The van der Waals surface area contributed by atoms with Crippen molar-refractivity contribution in [3.05, 3.63) is 64.6 Å². The van der Waals surface area contributed by atoms with Gasteiger partial charge in [-0.3, -0.25) is 4.79 Å². The molecule has 0 aromatic heterocycles. The zero-order valence-electron chi connectivity index (χ0n) is 14.3. The number of carbonyl (C=O) groups excluding carboxylic acids is 2. The lowest BCUT2D eigenvalue weighted by Crippen LogP contribution is -2.47. The van der Waals surface area contributed by atoms with Crippen molar-refractivity contribution in [3.8, 4) is 0 Å². The van der Waals surface area contributed by atoms with Crippen molar-refractivity contribution in [1.82, 2.24) is 0 Å². The first-order chi connectivity index (χ1) is 12.0. The largest absolute Gasteiger partial charge is 0.468 e. The van der Waals surface area contributed by atoms with E-state index in [0.717, 1.165) is 10.2 Å². The average Bonchev–Trinajstić information content (AvgIpc) is 2.65. The molecule has 5 nitrogen and oxygen atoms in total. The SMILES string of the molecule is COC(=O)C(c1cccc(Br)c1)C(C(=O)OC)N(C)c1ccccc1. The number of benzene rings is 2. The van der Waals surface area contributed by atoms with E-state index in [0.29, 0.717) is 5.56 Å². The maximum atomic E-state index is 12.6. The first kappa shape index (κ1) is 19.0. The summed E-state index contributed by atoms with van der Waals surface area (Å²) < 4.78 is 10.8. The van der Waals surface area contributed by atoms with E-state index in [9.17, 15) is 9.59 Å². The number of hydrogen-bond donors (Lipinski definition) is 0. The monoisotopic (exact) mass is 405 g/mol. The van der Waals surface area contributed by atoms with Crippen molar-refractivity contribution in [3.63, 3.8) is 0 Å². The van der Waals surface area contributed by atoms with Crippen LogP contribution in [0.2, 0.25) is 0 Å². The number of esters is 2. The molecule has 0 spiro atoms. The van der Waals surface area contributed by atoms with Gasteiger partial charge in [0.15, 0.2) is 0 Å². The Bertz CT molecular complexity index is 735. The summed E-state index contributed by atoms with van der Waals surface area (Å²) >= 11 is 3.40. The fourth-order valence-electron chi connectivity index (χ4n) is 2.74. The molecule has 0 amide bonds. The van der Waals surface area contributed by atoms with E-state index in [-0.39, 0.29) is 0 Å². The highest BCUT2D eigenvalue weighted by molar-refractivity contribution is 9.10. The first-order valence-electron chi connectivity index (χ1n) is 7.68. The summed E-state index contributed by atoms with van der Waals surface area (Å²) in [5.41, 5.74) is 1.46. The molecule has 0 aliphatic carbocycles. The van der Waals surface area contributed by atoms with Gasteiger partial charge in [-0.05, 0) is 29.8 Å². The molecule has 0 N–H and O–H groups in total. The first-order valence-corrected chi connectivity index (χ1v) is 8.48. The topological polar surface area (TPSA) is 55.8 Å². The molecule has 0 bridgehead atoms. The van der Waals surface area contributed by atoms with Crippen LogP contribution in [0.4, 0.5) is 5.69 Å². The van der Waals surface area contributed by atoms with Crippen LogP contribution in [0.5, 0.6) is 0 Å². The van der Waals surface area contributed by atoms with Crippen molar-refractivity contribution < 1.29 is 19.1 Å². The second-order valence-electron chi connectivity index (χ2n) is 5.47. The second kappa shape index (κ2) is 8.67. The third-order valence-electron chi connectivity index (χ3n) is 4.00. The number of para-hydroxylation sites is 1. The number of likely N-dealkylation sites (N-methyl/N-ethyl adjacent to an activating group) is 1. The summed E-state index contributed by atoms with van der Waals surface area (Å²) in [7, 11) is 4.37. The van der Waals surface area contributed by atoms with Crippen molar-refractivity contribution in [1.29, 1.82) is 0 Å². The second-order valence-corrected chi connectivity index (χ2v) is 6.39. The molecule has 2 rings (SSSR count). The number of halogens is 1. The van der Waals surface area contributed by atoms with Gasteiger partial charge in [-0.25, -0.2) is 4.79 Å². The van der Waals surface area contributed by atoms with Gasteiger partial charge >= 0.3 is 11.9 Å². The Balaban J connectivity index is 2.54. The molecule has 0 fully saturated rings. The highest BCUT2D eigenvalue weighted by Gasteiger charge is 2.40. The number of ether oxygens (including phenoxy) is 2. The molecule has 0 heterocycles. The molecular weight excluding hydrogens is 386 g/mol. The van der Waals surface area contributed by atoms with Crippen molar-refractivity contribution in [2.45, 2.75) is 12.0 Å². The van der Waals surface area contributed by atoms with Gasteiger partial charge in [-0.1, -0.05) is 46.3 Å². The predicted molar refractivity (Wildman–Crippen MR) is 99.5 cm³/mol. The van der Waals surface area contributed by atoms with Gasteiger partial charge in [0, 0.05) is 17.2 Å².